The molecule has 0 saturated heterocycles. The molecule has 0 saturated carbocycles. The maximum atomic E-state index is 12.9. The van der Waals surface area contributed by atoms with Gasteiger partial charge in [0.2, 0.25) is 0 Å². The molecule has 0 atom stereocenters. The zero-order chi connectivity index (χ0) is 25.7. The molecule has 0 radical (unpaired) electrons. The fourth-order valence-corrected chi connectivity index (χ4v) is 4.15. The number of carbonyl (C=O) groups is 1. The van der Waals surface area contributed by atoms with Crippen LogP contribution in [0.2, 0.25) is 5.15 Å². The van der Waals surface area contributed by atoms with Crippen LogP contribution in [0, 0.1) is 11.3 Å². The Morgan fingerprint density at radius 3 is 2.64 bits per heavy atom. The van der Waals surface area contributed by atoms with Crippen LogP contribution in [0.1, 0.15) is 34.5 Å². The van der Waals surface area contributed by atoms with Gasteiger partial charge in [-0.1, -0.05) is 35.9 Å². The smallest absolute Gasteiger partial charge is 0.179 e. The number of benzene rings is 2. The van der Waals surface area contributed by atoms with Crippen molar-refractivity contribution in [2.45, 2.75) is 19.4 Å². The Bertz CT molecular complexity index is 1410. The first-order valence-electron chi connectivity index (χ1n) is 11.5. The van der Waals surface area contributed by atoms with Crippen LogP contribution in [0.15, 0.2) is 60.8 Å². The van der Waals surface area contributed by atoms with Crippen LogP contribution in [-0.4, -0.2) is 53.0 Å². The average molecular weight is 503 g/mol. The number of halogens is 1. The minimum absolute atomic E-state index is 0.0913. The Morgan fingerprint density at radius 1 is 1.17 bits per heavy atom. The Hall–Kier alpha value is -3.93. The van der Waals surface area contributed by atoms with E-state index in [0.717, 1.165) is 30.0 Å². The van der Waals surface area contributed by atoms with Crippen molar-refractivity contribution >= 4 is 34.4 Å². The first kappa shape index (κ1) is 25.2. The normalized spacial score (nSPS) is 11.0. The van der Waals surface area contributed by atoms with Crippen LogP contribution < -0.4 is 9.64 Å². The van der Waals surface area contributed by atoms with Gasteiger partial charge in [-0.15, -0.1) is 0 Å². The quantitative estimate of drug-likeness (QED) is 0.278. The van der Waals surface area contributed by atoms with Gasteiger partial charge in [0, 0.05) is 30.3 Å². The molecule has 4 aromatic rings. The number of carbonyl (C=O) groups excluding carboxylic acids is 1. The van der Waals surface area contributed by atoms with Gasteiger partial charge in [-0.2, -0.15) is 14.9 Å². The third-order valence-electron chi connectivity index (χ3n) is 5.81. The van der Waals surface area contributed by atoms with E-state index in [1.807, 2.05) is 67.5 Å². The third-order valence-corrected chi connectivity index (χ3v) is 6.00. The van der Waals surface area contributed by atoms with E-state index in [1.165, 1.54) is 10.7 Å². The highest BCUT2D eigenvalue weighted by molar-refractivity contribution is 6.29. The molecular weight excluding hydrogens is 476 g/mol. The van der Waals surface area contributed by atoms with Gasteiger partial charge in [0.1, 0.15) is 11.8 Å². The molecule has 0 bridgehead atoms. The van der Waals surface area contributed by atoms with Crippen LogP contribution in [0.5, 0.6) is 5.75 Å². The van der Waals surface area contributed by atoms with Crippen LogP contribution >= 0.6 is 11.6 Å². The monoisotopic (exact) mass is 502 g/mol. The van der Waals surface area contributed by atoms with Gasteiger partial charge in [0.25, 0.3) is 0 Å². The number of rotatable bonds is 10. The van der Waals surface area contributed by atoms with E-state index in [2.05, 4.69) is 21.1 Å². The van der Waals surface area contributed by atoms with Gasteiger partial charge in [0.15, 0.2) is 22.3 Å². The van der Waals surface area contributed by atoms with E-state index >= 15 is 0 Å². The summed E-state index contributed by atoms with van der Waals surface area (Å²) < 4.78 is 6.74. The Balaban J connectivity index is 1.77. The first-order chi connectivity index (χ1) is 17.4. The van der Waals surface area contributed by atoms with Crippen molar-refractivity contribution in [1.82, 2.24) is 19.5 Å². The summed E-state index contributed by atoms with van der Waals surface area (Å²) >= 11 is 6.38. The molecule has 2 heterocycles. The SMILES string of the molecule is COc1ccc(CN(c2cccc(C(=O)CCCN(C)C)c2)c2cc(Cl)nn3c(C#N)cnc23)cc1. The van der Waals surface area contributed by atoms with Crippen LogP contribution in [0.25, 0.3) is 5.65 Å². The summed E-state index contributed by atoms with van der Waals surface area (Å²) in [5.41, 5.74) is 3.90. The van der Waals surface area contributed by atoms with Crippen LogP contribution in [0.3, 0.4) is 0 Å². The summed E-state index contributed by atoms with van der Waals surface area (Å²) in [4.78, 5) is 21.5. The number of anilines is 2. The maximum Gasteiger partial charge on any atom is 0.179 e. The van der Waals surface area contributed by atoms with Crippen molar-refractivity contribution in [3.63, 3.8) is 0 Å². The summed E-state index contributed by atoms with van der Waals surface area (Å²) in [5, 5.41) is 14.0. The number of ketones is 1. The number of Topliss-reactive ketones (excluding diaryl/α,β-unsaturated/α-hetero) is 1. The van der Waals surface area contributed by atoms with E-state index in [9.17, 15) is 10.1 Å². The number of imidazole rings is 1. The van der Waals surface area contributed by atoms with Crippen LogP contribution in [-0.2, 0) is 6.54 Å². The molecule has 36 heavy (non-hydrogen) atoms. The number of methoxy groups -OCH3 is 1. The number of hydrogen-bond acceptors (Lipinski definition) is 7. The molecule has 4 rings (SSSR count). The van der Waals surface area contributed by atoms with E-state index in [0.29, 0.717) is 29.9 Å². The van der Waals surface area contributed by atoms with Gasteiger partial charge in [-0.3, -0.25) is 4.79 Å². The zero-order valence-corrected chi connectivity index (χ0v) is 21.2. The van der Waals surface area contributed by atoms with E-state index in [4.69, 9.17) is 16.3 Å². The van der Waals surface area contributed by atoms with E-state index < -0.39 is 0 Å². The van der Waals surface area contributed by atoms with Crippen molar-refractivity contribution < 1.29 is 9.53 Å². The fraction of sp³-hybridized carbons (Fsp3) is 0.259. The molecule has 0 aliphatic rings. The summed E-state index contributed by atoms with van der Waals surface area (Å²) in [6.07, 6.45) is 2.73. The topological polar surface area (TPSA) is 86.8 Å². The van der Waals surface area contributed by atoms with Crippen molar-refractivity contribution in [1.29, 1.82) is 5.26 Å². The highest BCUT2D eigenvalue weighted by atomic mass is 35.5. The second-order valence-corrected chi connectivity index (χ2v) is 9.04. The highest BCUT2D eigenvalue weighted by Gasteiger charge is 2.20. The molecule has 8 nitrogen and oxygen atoms in total. The molecule has 0 N–H and O–H groups in total. The lowest BCUT2D eigenvalue weighted by molar-refractivity contribution is 0.0977. The molecule has 0 unspecified atom stereocenters. The standard InChI is InChI=1S/C27H27ClN6O2/c1-32(2)13-5-8-25(35)20-6-4-7-21(14-20)33(18-19-9-11-23(36-3)12-10-19)24-15-26(28)31-34-22(16-29)17-30-27(24)34/h4,6-7,9-12,14-15,17H,5,8,13,18H2,1-3H3. The lowest BCUT2D eigenvalue weighted by atomic mass is 10.0. The van der Waals surface area contributed by atoms with Crippen molar-refractivity contribution in [2.24, 2.45) is 0 Å². The van der Waals surface area contributed by atoms with Gasteiger partial charge in [0.05, 0.1) is 19.0 Å². The lowest BCUT2D eigenvalue weighted by Crippen LogP contribution is -2.19. The molecule has 0 amide bonds. The maximum absolute atomic E-state index is 12.9. The van der Waals surface area contributed by atoms with Crippen molar-refractivity contribution in [2.75, 3.05) is 32.6 Å². The predicted molar refractivity (Wildman–Crippen MR) is 140 cm³/mol. The Morgan fingerprint density at radius 2 is 1.94 bits per heavy atom. The molecule has 2 aromatic heterocycles. The molecule has 2 aromatic carbocycles. The second kappa shape index (κ2) is 11.2. The number of ether oxygens (including phenoxy) is 1. The molecule has 9 heteroatoms. The molecule has 0 spiro atoms. The number of nitrogens with zero attached hydrogens (tertiary/aromatic N) is 6. The number of fused-ring (bicyclic) bond motifs is 1. The first-order valence-corrected chi connectivity index (χ1v) is 11.9. The van der Waals surface area contributed by atoms with Crippen molar-refractivity contribution in [3.05, 3.63) is 82.8 Å². The fourth-order valence-electron chi connectivity index (χ4n) is 3.97. The van der Waals surface area contributed by atoms with Gasteiger partial charge in [-0.25, -0.2) is 4.98 Å². The van der Waals surface area contributed by atoms with Crippen LogP contribution in [0.4, 0.5) is 11.4 Å². The molecular formula is C27H27ClN6O2. The lowest BCUT2D eigenvalue weighted by Gasteiger charge is -2.26. The summed E-state index contributed by atoms with van der Waals surface area (Å²) in [6, 6.07) is 19.1. The number of hydrogen-bond donors (Lipinski definition) is 0. The van der Waals surface area contributed by atoms with E-state index in [1.54, 1.807) is 13.2 Å². The van der Waals surface area contributed by atoms with Gasteiger partial charge >= 0.3 is 0 Å². The second-order valence-electron chi connectivity index (χ2n) is 8.66. The molecule has 184 valence electrons. The summed E-state index contributed by atoms with van der Waals surface area (Å²) in [7, 11) is 5.62. The predicted octanol–water partition coefficient (Wildman–Crippen LogP) is 5.13. The third kappa shape index (κ3) is 5.65. The zero-order valence-electron chi connectivity index (χ0n) is 20.5. The summed E-state index contributed by atoms with van der Waals surface area (Å²) in [6.45, 7) is 1.32. The molecule has 0 aliphatic heterocycles. The van der Waals surface area contributed by atoms with Crippen molar-refractivity contribution in [3.8, 4) is 11.8 Å². The molecule has 0 aliphatic carbocycles. The number of nitriles is 1. The average Bonchev–Trinajstić information content (AvgIpc) is 3.30. The minimum atomic E-state index is 0.0913. The van der Waals surface area contributed by atoms with Gasteiger partial charge < -0.3 is 14.5 Å². The number of aromatic nitrogens is 3. The Labute approximate surface area is 215 Å². The Kier molecular flexibility index (Phi) is 7.84. The largest absolute Gasteiger partial charge is 0.497 e. The molecule has 0 fully saturated rings. The van der Waals surface area contributed by atoms with E-state index in [-0.39, 0.29) is 16.6 Å². The highest BCUT2D eigenvalue weighted by Crippen LogP contribution is 2.33. The summed E-state index contributed by atoms with van der Waals surface area (Å²) in [5.74, 6) is 0.852. The van der Waals surface area contributed by atoms with Gasteiger partial charge in [-0.05, 0) is 56.9 Å². The minimum Gasteiger partial charge on any atom is -0.497 e.